The first kappa shape index (κ1) is 12.1. The van der Waals surface area contributed by atoms with Crippen molar-refractivity contribution in [2.24, 2.45) is 0 Å². The molecule has 4 nitrogen and oxygen atoms in total. The van der Waals surface area contributed by atoms with Crippen LogP contribution in [0.1, 0.15) is 12.0 Å². The molecule has 0 radical (unpaired) electrons. The van der Waals surface area contributed by atoms with Crippen molar-refractivity contribution >= 4 is 21.7 Å². The van der Waals surface area contributed by atoms with E-state index in [1.54, 1.807) is 6.20 Å². The van der Waals surface area contributed by atoms with Gasteiger partial charge in [-0.1, -0.05) is 0 Å². The third-order valence-electron chi connectivity index (χ3n) is 2.53. The van der Waals surface area contributed by atoms with Crippen molar-refractivity contribution in [1.29, 1.82) is 0 Å². The average molecular weight is 295 g/mol. The van der Waals surface area contributed by atoms with Crippen molar-refractivity contribution in [2.75, 3.05) is 11.9 Å². The summed E-state index contributed by atoms with van der Waals surface area (Å²) in [6, 6.07) is 1.99. The molecule has 0 spiro atoms. The highest BCUT2D eigenvalue weighted by molar-refractivity contribution is 9.10. The summed E-state index contributed by atoms with van der Waals surface area (Å²) in [6.45, 7) is 3.92. The summed E-state index contributed by atoms with van der Waals surface area (Å²) in [5.41, 5.74) is 1.19. The van der Waals surface area contributed by atoms with Gasteiger partial charge in [0.25, 0.3) is 0 Å². The summed E-state index contributed by atoms with van der Waals surface area (Å²) in [4.78, 5) is 8.30. The fourth-order valence-corrected chi connectivity index (χ4v) is 1.93. The van der Waals surface area contributed by atoms with Crippen LogP contribution in [0.2, 0.25) is 0 Å². The Hall–Kier alpha value is -1.36. The molecule has 2 rings (SSSR count). The van der Waals surface area contributed by atoms with Crippen molar-refractivity contribution in [2.45, 2.75) is 19.9 Å². The lowest BCUT2D eigenvalue weighted by Gasteiger charge is -2.09. The summed E-state index contributed by atoms with van der Waals surface area (Å²) in [6.07, 6.45) is 8.46. The molecular formula is C12H15BrN4. The second kappa shape index (κ2) is 5.82. The predicted octanol–water partition coefficient (Wildman–Crippen LogP) is 2.85. The molecule has 0 bridgehead atoms. The minimum atomic E-state index is 0.896. The Morgan fingerprint density at radius 2 is 2.29 bits per heavy atom. The Morgan fingerprint density at radius 1 is 1.41 bits per heavy atom. The van der Waals surface area contributed by atoms with Crippen LogP contribution in [-0.4, -0.2) is 21.1 Å². The van der Waals surface area contributed by atoms with E-state index in [0.29, 0.717) is 0 Å². The third kappa shape index (κ3) is 3.30. The van der Waals surface area contributed by atoms with Gasteiger partial charge in [0.1, 0.15) is 5.82 Å². The highest BCUT2D eigenvalue weighted by atomic mass is 79.9. The number of anilines is 1. The zero-order chi connectivity index (χ0) is 12.1. The number of aryl methyl sites for hydroxylation is 2. The van der Waals surface area contributed by atoms with Gasteiger partial charge in [0.2, 0.25) is 0 Å². The van der Waals surface area contributed by atoms with Gasteiger partial charge in [0.15, 0.2) is 0 Å². The van der Waals surface area contributed by atoms with Crippen LogP contribution in [0, 0.1) is 6.92 Å². The lowest BCUT2D eigenvalue weighted by atomic mass is 10.3. The van der Waals surface area contributed by atoms with Gasteiger partial charge in [-0.2, -0.15) is 0 Å². The van der Waals surface area contributed by atoms with Crippen LogP contribution in [0.25, 0.3) is 0 Å². The van der Waals surface area contributed by atoms with Crippen LogP contribution in [0.5, 0.6) is 0 Å². The van der Waals surface area contributed by atoms with Crippen molar-refractivity contribution in [1.82, 2.24) is 14.5 Å². The number of nitrogens with zero attached hydrogens (tertiary/aromatic N) is 3. The van der Waals surface area contributed by atoms with Crippen LogP contribution in [0.4, 0.5) is 5.82 Å². The van der Waals surface area contributed by atoms with Crippen LogP contribution >= 0.6 is 15.9 Å². The Morgan fingerprint density at radius 3 is 3.06 bits per heavy atom. The molecule has 0 saturated heterocycles. The van der Waals surface area contributed by atoms with E-state index >= 15 is 0 Å². The number of imidazole rings is 1. The monoisotopic (exact) mass is 294 g/mol. The molecule has 2 aromatic heterocycles. The number of halogens is 1. The molecule has 0 saturated carbocycles. The SMILES string of the molecule is Cc1ccnc(NCCCn2ccnc2)c1Br. The Bertz CT molecular complexity index is 467. The van der Waals surface area contributed by atoms with E-state index in [1.807, 2.05) is 24.8 Å². The first-order valence-corrected chi connectivity index (χ1v) is 6.37. The molecule has 0 atom stereocenters. The summed E-state index contributed by atoms with van der Waals surface area (Å²) < 4.78 is 3.11. The minimum absolute atomic E-state index is 0.896. The normalized spacial score (nSPS) is 10.5. The Balaban J connectivity index is 1.80. The molecule has 0 aliphatic rings. The molecule has 0 unspecified atom stereocenters. The van der Waals surface area contributed by atoms with Gasteiger partial charge >= 0.3 is 0 Å². The fraction of sp³-hybridized carbons (Fsp3) is 0.333. The molecule has 2 heterocycles. The lowest BCUT2D eigenvalue weighted by Crippen LogP contribution is -2.07. The van der Waals surface area contributed by atoms with Gasteiger partial charge in [0, 0.05) is 31.7 Å². The Kier molecular flexibility index (Phi) is 4.14. The quantitative estimate of drug-likeness (QED) is 0.863. The van der Waals surface area contributed by atoms with Gasteiger partial charge in [-0.15, -0.1) is 0 Å². The van der Waals surface area contributed by atoms with E-state index in [4.69, 9.17) is 0 Å². The molecule has 5 heteroatoms. The molecule has 0 aliphatic heterocycles. The first-order chi connectivity index (χ1) is 8.27. The van der Waals surface area contributed by atoms with Crippen LogP contribution < -0.4 is 5.32 Å². The second-order valence-electron chi connectivity index (χ2n) is 3.87. The third-order valence-corrected chi connectivity index (χ3v) is 3.53. The van der Waals surface area contributed by atoms with Gasteiger partial charge in [-0.25, -0.2) is 9.97 Å². The maximum Gasteiger partial charge on any atom is 0.140 e. The van der Waals surface area contributed by atoms with Gasteiger partial charge in [-0.05, 0) is 40.9 Å². The van der Waals surface area contributed by atoms with Gasteiger partial charge in [-0.3, -0.25) is 0 Å². The van der Waals surface area contributed by atoms with Crippen molar-refractivity contribution in [3.05, 3.63) is 41.0 Å². The van der Waals surface area contributed by atoms with E-state index in [9.17, 15) is 0 Å². The Labute approximate surface area is 109 Å². The van der Waals surface area contributed by atoms with Crippen LogP contribution in [0.3, 0.4) is 0 Å². The summed E-state index contributed by atoms with van der Waals surface area (Å²) in [7, 11) is 0. The van der Waals surface area contributed by atoms with Crippen LogP contribution in [-0.2, 0) is 6.54 Å². The molecular weight excluding hydrogens is 280 g/mol. The molecule has 0 fully saturated rings. The van der Waals surface area contributed by atoms with E-state index in [-0.39, 0.29) is 0 Å². The van der Waals surface area contributed by atoms with E-state index < -0.39 is 0 Å². The molecule has 90 valence electrons. The lowest BCUT2D eigenvalue weighted by molar-refractivity contribution is 0.660. The summed E-state index contributed by atoms with van der Waals surface area (Å²) in [5.74, 6) is 0.913. The molecule has 0 aromatic carbocycles. The van der Waals surface area contributed by atoms with E-state index in [2.05, 4.69) is 42.7 Å². The van der Waals surface area contributed by atoms with Gasteiger partial charge < -0.3 is 9.88 Å². The molecule has 2 aromatic rings. The average Bonchev–Trinajstić information content (AvgIpc) is 2.83. The highest BCUT2D eigenvalue weighted by Gasteiger charge is 2.02. The fourth-order valence-electron chi connectivity index (χ4n) is 1.55. The van der Waals surface area contributed by atoms with Crippen molar-refractivity contribution < 1.29 is 0 Å². The van der Waals surface area contributed by atoms with E-state index in [0.717, 1.165) is 29.8 Å². The second-order valence-corrected chi connectivity index (χ2v) is 4.66. The standard InChI is InChI=1S/C12H15BrN4/c1-10-3-5-16-12(11(10)13)15-4-2-7-17-8-6-14-9-17/h3,5-6,8-9H,2,4,7H2,1H3,(H,15,16). The largest absolute Gasteiger partial charge is 0.369 e. The highest BCUT2D eigenvalue weighted by Crippen LogP contribution is 2.22. The van der Waals surface area contributed by atoms with E-state index in [1.165, 1.54) is 5.56 Å². The number of hydrogen-bond acceptors (Lipinski definition) is 3. The maximum absolute atomic E-state index is 4.30. The summed E-state index contributed by atoms with van der Waals surface area (Å²) >= 11 is 3.53. The molecule has 1 N–H and O–H groups in total. The van der Waals surface area contributed by atoms with Gasteiger partial charge in [0.05, 0.1) is 10.8 Å². The molecule has 0 amide bonds. The number of pyridine rings is 1. The van der Waals surface area contributed by atoms with Crippen molar-refractivity contribution in [3.8, 4) is 0 Å². The smallest absolute Gasteiger partial charge is 0.140 e. The zero-order valence-electron chi connectivity index (χ0n) is 9.73. The number of aromatic nitrogens is 3. The maximum atomic E-state index is 4.30. The number of hydrogen-bond donors (Lipinski definition) is 1. The summed E-state index contributed by atoms with van der Waals surface area (Å²) in [5, 5.41) is 3.32. The minimum Gasteiger partial charge on any atom is -0.369 e. The number of nitrogens with one attached hydrogen (secondary N) is 1. The van der Waals surface area contributed by atoms with Crippen LogP contribution in [0.15, 0.2) is 35.5 Å². The van der Waals surface area contributed by atoms with Crippen molar-refractivity contribution in [3.63, 3.8) is 0 Å². The topological polar surface area (TPSA) is 42.7 Å². The zero-order valence-corrected chi connectivity index (χ0v) is 11.3. The molecule has 17 heavy (non-hydrogen) atoms. The first-order valence-electron chi connectivity index (χ1n) is 5.58. The predicted molar refractivity (Wildman–Crippen MR) is 72.0 cm³/mol. The number of rotatable bonds is 5. The molecule has 0 aliphatic carbocycles.